The van der Waals surface area contributed by atoms with E-state index in [9.17, 15) is 0 Å². The van der Waals surface area contributed by atoms with Gasteiger partial charge >= 0.3 is 0 Å². The Morgan fingerprint density at radius 3 is 2.00 bits per heavy atom. The highest BCUT2D eigenvalue weighted by Crippen LogP contribution is 2.37. The van der Waals surface area contributed by atoms with Gasteiger partial charge in [0.2, 0.25) is 0 Å². The molecular weight excluding hydrogens is 384 g/mol. The van der Waals surface area contributed by atoms with E-state index >= 15 is 0 Å². The lowest BCUT2D eigenvalue weighted by Crippen LogP contribution is -1.94. The molecule has 0 spiro atoms. The summed E-state index contributed by atoms with van der Waals surface area (Å²) in [5, 5.41) is 0. The third-order valence-electron chi connectivity index (χ3n) is 4.65. The van der Waals surface area contributed by atoms with E-state index in [1.54, 1.807) is 27.4 Å². The molecule has 0 unspecified atom stereocenters. The number of aryl methyl sites for hydroxylation is 2. The van der Waals surface area contributed by atoms with Gasteiger partial charge in [0.15, 0.2) is 11.5 Å². The SMILES string of the molecule is C=Cc1cc(-c2cccc(CC)c2)cc(OC)c1OC.CC.COc1ccc(C)cc1. The number of ether oxygens (including phenoxy) is 3. The van der Waals surface area contributed by atoms with Crippen LogP contribution in [0.4, 0.5) is 0 Å². The van der Waals surface area contributed by atoms with Gasteiger partial charge in [-0.05, 0) is 54.3 Å². The first kappa shape index (κ1) is 25.8. The summed E-state index contributed by atoms with van der Waals surface area (Å²) < 4.78 is 15.8. The third-order valence-corrected chi connectivity index (χ3v) is 4.65. The average Bonchev–Trinajstić information content (AvgIpc) is 2.85. The van der Waals surface area contributed by atoms with Crippen molar-refractivity contribution in [2.75, 3.05) is 21.3 Å². The Hall–Kier alpha value is -3.20. The molecule has 0 aliphatic rings. The monoisotopic (exact) mass is 420 g/mol. The first-order chi connectivity index (χ1) is 15.1. The molecule has 0 aromatic heterocycles. The predicted octanol–water partition coefficient (Wildman–Crippen LogP) is 7.61. The van der Waals surface area contributed by atoms with E-state index in [4.69, 9.17) is 14.2 Å². The van der Waals surface area contributed by atoms with Crippen LogP contribution in [0, 0.1) is 6.92 Å². The van der Waals surface area contributed by atoms with E-state index in [0.717, 1.165) is 34.8 Å². The number of hydrogen-bond donors (Lipinski definition) is 0. The van der Waals surface area contributed by atoms with Gasteiger partial charge < -0.3 is 14.2 Å². The van der Waals surface area contributed by atoms with Gasteiger partial charge in [-0.3, -0.25) is 0 Å². The smallest absolute Gasteiger partial charge is 0.167 e. The maximum Gasteiger partial charge on any atom is 0.167 e. The third kappa shape index (κ3) is 7.53. The summed E-state index contributed by atoms with van der Waals surface area (Å²) in [6.07, 6.45) is 2.81. The Balaban J connectivity index is 0.000000365. The zero-order valence-electron chi connectivity index (χ0n) is 20.0. The maximum atomic E-state index is 5.42. The fourth-order valence-corrected chi connectivity index (χ4v) is 2.96. The van der Waals surface area contributed by atoms with Crippen LogP contribution in [-0.2, 0) is 6.42 Å². The summed E-state index contributed by atoms with van der Waals surface area (Å²) in [5.74, 6) is 2.36. The van der Waals surface area contributed by atoms with Crippen LogP contribution in [0.5, 0.6) is 17.2 Å². The summed E-state index contributed by atoms with van der Waals surface area (Å²) in [6.45, 7) is 12.1. The largest absolute Gasteiger partial charge is 0.497 e. The van der Waals surface area contributed by atoms with Gasteiger partial charge in [0, 0.05) is 5.56 Å². The summed E-state index contributed by atoms with van der Waals surface area (Å²) >= 11 is 0. The van der Waals surface area contributed by atoms with Gasteiger partial charge in [0.25, 0.3) is 0 Å². The molecule has 0 saturated carbocycles. The topological polar surface area (TPSA) is 27.7 Å². The van der Waals surface area contributed by atoms with Crippen molar-refractivity contribution in [2.45, 2.75) is 34.1 Å². The van der Waals surface area contributed by atoms with E-state index in [1.807, 2.05) is 44.2 Å². The van der Waals surface area contributed by atoms with Crippen LogP contribution in [0.15, 0.2) is 67.2 Å². The Bertz CT molecular complexity index is 927. The quantitative estimate of drug-likeness (QED) is 0.411. The zero-order chi connectivity index (χ0) is 23.2. The molecule has 31 heavy (non-hydrogen) atoms. The molecule has 0 saturated heterocycles. The highest BCUT2D eigenvalue weighted by molar-refractivity contribution is 5.74. The maximum absolute atomic E-state index is 5.42. The molecule has 0 aliphatic carbocycles. The molecule has 0 heterocycles. The number of hydrogen-bond acceptors (Lipinski definition) is 3. The second kappa shape index (κ2) is 13.9. The van der Waals surface area contributed by atoms with Crippen LogP contribution in [0.3, 0.4) is 0 Å². The van der Waals surface area contributed by atoms with E-state index in [0.29, 0.717) is 0 Å². The summed E-state index contributed by atoms with van der Waals surface area (Å²) in [4.78, 5) is 0. The fourth-order valence-electron chi connectivity index (χ4n) is 2.96. The zero-order valence-corrected chi connectivity index (χ0v) is 20.0. The Kier molecular flexibility index (Phi) is 11.6. The Labute approximate surface area is 188 Å². The standard InChI is InChI=1S/C18H20O2.C8H10O.C2H6/c1-5-13-8-7-9-15(10-13)16-11-14(6-2)18(20-4)17(12-16)19-3;1-7-3-5-8(9-2)6-4-7;1-2/h6-12H,2,5H2,1,3-4H3;3-6H,1-2H3;1-2H3. The van der Waals surface area contributed by atoms with Crippen molar-refractivity contribution in [3.8, 4) is 28.4 Å². The highest BCUT2D eigenvalue weighted by atomic mass is 16.5. The lowest BCUT2D eigenvalue weighted by molar-refractivity contribution is 0.354. The highest BCUT2D eigenvalue weighted by Gasteiger charge is 2.11. The molecule has 0 fully saturated rings. The number of benzene rings is 3. The number of rotatable bonds is 6. The van der Waals surface area contributed by atoms with Gasteiger partial charge in [-0.1, -0.05) is 75.4 Å². The molecule has 3 heteroatoms. The predicted molar refractivity (Wildman–Crippen MR) is 134 cm³/mol. The van der Waals surface area contributed by atoms with Crippen molar-refractivity contribution in [3.63, 3.8) is 0 Å². The van der Waals surface area contributed by atoms with E-state index in [-0.39, 0.29) is 0 Å². The van der Waals surface area contributed by atoms with Crippen molar-refractivity contribution in [1.82, 2.24) is 0 Å². The van der Waals surface area contributed by atoms with E-state index in [1.165, 1.54) is 16.7 Å². The summed E-state index contributed by atoms with van der Waals surface area (Å²) in [6, 6.07) is 20.6. The van der Waals surface area contributed by atoms with E-state index in [2.05, 4.69) is 50.8 Å². The van der Waals surface area contributed by atoms with Gasteiger partial charge in [-0.2, -0.15) is 0 Å². The Morgan fingerprint density at radius 1 is 0.806 bits per heavy atom. The lowest BCUT2D eigenvalue weighted by atomic mass is 9.99. The molecule has 0 atom stereocenters. The van der Waals surface area contributed by atoms with Crippen LogP contribution in [-0.4, -0.2) is 21.3 Å². The summed E-state index contributed by atoms with van der Waals surface area (Å²) in [7, 11) is 4.96. The van der Waals surface area contributed by atoms with Crippen LogP contribution in [0.2, 0.25) is 0 Å². The normalized spacial score (nSPS) is 9.39. The van der Waals surface area contributed by atoms with E-state index < -0.39 is 0 Å². The molecule has 0 bridgehead atoms. The molecule has 0 N–H and O–H groups in total. The summed E-state index contributed by atoms with van der Waals surface area (Å²) in [5.41, 5.74) is 5.79. The van der Waals surface area contributed by atoms with Gasteiger partial charge in [-0.15, -0.1) is 0 Å². The number of methoxy groups -OCH3 is 3. The van der Waals surface area contributed by atoms with Crippen LogP contribution in [0.1, 0.15) is 37.5 Å². The molecule has 166 valence electrons. The molecule has 3 aromatic rings. The Morgan fingerprint density at radius 2 is 1.48 bits per heavy atom. The van der Waals surface area contributed by atoms with Crippen molar-refractivity contribution in [3.05, 3.63) is 83.9 Å². The molecule has 3 nitrogen and oxygen atoms in total. The minimum absolute atomic E-state index is 0.720. The van der Waals surface area contributed by atoms with Crippen molar-refractivity contribution >= 4 is 6.08 Å². The van der Waals surface area contributed by atoms with Crippen LogP contribution >= 0.6 is 0 Å². The molecule has 0 radical (unpaired) electrons. The fraction of sp³-hybridized carbons (Fsp3) is 0.286. The molecule has 0 amide bonds. The lowest BCUT2D eigenvalue weighted by Gasteiger charge is -2.13. The second-order valence-electron chi connectivity index (χ2n) is 6.58. The van der Waals surface area contributed by atoms with Crippen LogP contribution in [0.25, 0.3) is 17.2 Å². The van der Waals surface area contributed by atoms with Crippen molar-refractivity contribution in [1.29, 1.82) is 0 Å². The first-order valence-corrected chi connectivity index (χ1v) is 10.6. The molecule has 0 aliphatic heterocycles. The first-order valence-electron chi connectivity index (χ1n) is 10.6. The average molecular weight is 421 g/mol. The second-order valence-corrected chi connectivity index (χ2v) is 6.58. The molecule has 3 aromatic carbocycles. The molecular formula is C28H36O3. The van der Waals surface area contributed by atoms with Crippen molar-refractivity contribution < 1.29 is 14.2 Å². The minimum atomic E-state index is 0.720. The van der Waals surface area contributed by atoms with Crippen molar-refractivity contribution in [2.24, 2.45) is 0 Å². The van der Waals surface area contributed by atoms with Crippen LogP contribution < -0.4 is 14.2 Å². The van der Waals surface area contributed by atoms with Gasteiger partial charge in [-0.25, -0.2) is 0 Å². The minimum Gasteiger partial charge on any atom is -0.497 e. The van der Waals surface area contributed by atoms with Gasteiger partial charge in [0.05, 0.1) is 21.3 Å². The van der Waals surface area contributed by atoms with Gasteiger partial charge in [0.1, 0.15) is 5.75 Å². The molecule has 3 rings (SSSR count).